The molecular formula is C15H16ClN3O2. The van der Waals surface area contributed by atoms with E-state index < -0.39 is 0 Å². The molecule has 0 aliphatic heterocycles. The Morgan fingerprint density at radius 2 is 2.14 bits per heavy atom. The molecule has 0 saturated heterocycles. The first-order valence-corrected chi connectivity index (χ1v) is 6.80. The zero-order chi connectivity index (χ0) is 15.2. The SMILES string of the molecule is COc1ccc(NC(=O)N[C@H](C)c2ccccn2)cc1Cl. The summed E-state index contributed by atoms with van der Waals surface area (Å²) in [5.74, 6) is 0.560. The average Bonchev–Trinajstić information content (AvgIpc) is 2.48. The first-order valence-electron chi connectivity index (χ1n) is 6.42. The Kier molecular flexibility index (Phi) is 5.00. The van der Waals surface area contributed by atoms with Crippen LogP contribution in [0.1, 0.15) is 18.7 Å². The fourth-order valence-corrected chi connectivity index (χ4v) is 2.07. The lowest BCUT2D eigenvalue weighted by Crippen LogP contribution is -2.31. The van der Waals surface area contributed by atoms with E-state index in [1.165, 1.54) is 7.11 Å². The Labute approximate surface area is 128 Å². The second-order valence-corrected chi connectivity index (χ2v) is 4.83. The van der Waals surface area contributed by atoms with E-state index in [-0.39, 0.29) is 12.1 Å². The van der Waals surface area contributed by atoms with Crippen molar-refractivity contribution in [3.63, 3.8) is 0 Å². The lowest BCUT2D eigenvalue weighted by molar-refractivity contribution is 0.249. The van der Waals surface area contributed by atoms with E-state index in [2.05, 4.69) is 15.6 Å². The fraction of sp³-hybridized carbons (Fsp3) is 0.200. The van der Waals surface area contributed by atoms with Crippen LogP contribution < -0.4 is 15.4 Å². The number of nitrogens with one attached hydrogen (secondary N) is 2. The molecule has 110 valence electrons. The molecule has 0 fully saturated rings. The molecule has 6 heteroatoms. The van der Waals surface area contributed by atoms with E-state index in [1.807, 2.05) is 25.1 Å². The molecule has 0 aliphatic rings. The molecule has 1 aromatic carbocycles. The van der Waals surface area contributed by atoms with Gasteiger partial charge in [0.2, 0.25) is 0 Å². The largest absolute Gasteiger partial charge is 0.495 e. The van der Waals surface area contributed by atoms with Crippen LogP contribution in [0, 0.1) is 0 Å². The highest BCUT2D eigenvalue weighted by molar-refractivity contribution is 6.32. The predicted octanol–water partition coefficient (Wildman–Crippen LogP) is 3.63. The van der Waals surface area contributed by atoms with Crippen molar-refractivity contribution >= 4 is 23.3 Å². The van der Waals surface area contributed by atoms with Crippen molar-refractivity contribution in [1.29, 1.82) is 0 Å². The number of benzene rings is 1. The highest BCUT2D eigenvalue weighted by atomic mass is 35.5. The Morgan fingerprint density at radius 1 is 1.33 bits per heavy atom. The summed E-state index contributed by atoms with van der Waals surface area (Å²) in [5.41, 5.74) is 1.38. The van der Waals surface area contributed by atoms with Crippen LogP contribution in [0.2, 0.25) is 5.02 Å². The molecule has 2 amide bonds. The minimum absolute atomic E-state index is 0.195. The van der Waals surface area contributed by atoms with Crippen LogP contribution in [-0.2, 0) is 0 Å². The number of carbonyl (C=O) groups is 1. The standard InChI is InChI=1S/C15H16ClN3O2/c1-10(13-5-3-4-8-17-13)18-15(20)19-11-6-7-14(21-2)12(16)9-11/h3-10H,1-2H3,(H2,18,19,20)/t10-/m1/s1. The molecule has 0 spiro atoms. The lowest BCUT2D eigenvalue weighted by atomic mass is 10.2. The molecule has 0 unspecified atom stereocenters. The number of aromatic nitrogens is 1. The van der Waals surface area contributed by atoms with Crippen LogP contribution in [0.3, 0.4) is 0 Å². The number of urea groups is 1. The van der Waals surface area contributed by atoms with Gasteiger partial charge in [0.1, 0.15) is 5.75 Å². The van der Waals surface area contributed by atoms with Gasteiger partial charge in [0.15, 0.2) is 0 Å². The van der Waals surface area contributed by atoms with Gasteiger partial charge in [-0.15, -0.1) is 0 Å². The number of halogens is 1. The topological polar surface area (TPSA) is 63.2 Å². The van der Waals surface area contributed by atoms with Crippen molar-refractivity contribution < 1.29 is 9.53 Å². The first-order chi connectivity index (χ1) is 10.1. The second kappa shape index (κ2) is 6.95. The molecule has 2 rings (SSSR count). The third-order valence-electron chi connectivity index (χ3n) is 2.89. The van der Waals surface area contributed by atoms with Gasteiger partial charge in [-0.25, -0.2) is 4.79 Å². The van der Waals surface area contributed by atoms with Gasteiger partial charge in [-0.1, -0.05) is 17.7 Å². The summed E-state index contributed by atoms with van der Waals surface area (Å²) in [4.78, 5) is 16.1. The average molecular weight is 306 g/mol. The smallest absolute Gasteiger partial charge is 0.319 e. The number of carbonyl (C=O) groups excluding carboxylic acids is 1. The van der Waals surface area contributed by atoms with E-state index in [0.717, 1.165) is 5.69 Å². The summed E-state index contributed by atoms with van der Waals surface area (Å²) >= 11 is 6.01. The molecule has 1 atom stereocenters. The van der Waals surface area contributed by atoms with Crippen LogP contribution in [0.15, 0.2) is 42.6 Å². The number of hydrogen-bond acceptors (Lipinski definition) is 3. The van der Waals surface area contributed by atoms with E-state index in [9.17, 15) is 4.79 Å². The summed E-state index contributed by atoms with van der Waals surface area (Å²) in [6.07, 6.45) is 1.69. The first kappa shape index (κ1) is 15.1. The zero-order valence-corrected chi connectivity index (χ0v) is 12.5. The van der Waals surface area contributed by atoms with Crippen LogP contribution in [0.5, 0.6) is 5.75 Å². The molecule has 1 heterocycles. The maximum absolute atomic E-state index is 11.9. The number of methoxy groups -OCH3 is 1. The Balaban J connectivity index is 1.97. The Hall–Kier alpha value is -2.27. The highest BCUT2D eigenvalue weighted by Gasteiger charge is 2.11. The van der Waals surface area contributed by atoms with Gasteiger partial charge in [0.25, 0.3) is 0 Å². The molecule has 2 N–H and O–H groups in total. The number of rotatable bonds is 4. The summed E-state index contributed by atoms with van der Waals surface area (Å²) in [5, 5.41) is 5.96. The van der Waals surface area contributed by atoms with Gasteiger partial charge >= 0.3 is 6.03 Å². The number of amides is 2. The van der Waals surface area contributed by atoms with E-state index >= 15 is 0 Å². The number of hydrogen-bond donors (Lipinski definition) is 2. The molecule has 0 aliphatic carbocycles. The van der Waals surface area contributed by atoms with Gasteiger partial charge < -0.3 is 15.4 Å². The number of pyridine rings is 1. The van der Waals surface area contributed by atoms with Crippen LogP contribution >= 0.6 is 11.6 Å². The van der Waals surface area contributed by atoms with Crippen molar-refractivity contribution in [3.8, 4) is 5.75 Å². The van der Waals surface area contributed by atoms with Crippen molar-refractivity contribution in [2.24, 2.45) is 0 Å². The predicted molar refractivity (Wildman–Crippen MR) is 82.8 cm³/mol. The summed E-state index contributed by atoms with van der Waals surface area (Å²) in [6, 6.07) is 10.1. The normalized spacial score (nSPS) is 11.6. The fourth-order valence-electron chi connectivity index (χ4n) is 1.81. The molecule has 5 nitrogen and oxygen atoms in total. The zero-order valence-electron chi connectivity index (χ0n) is 11.8. The molecule has 1 aromatic heterocycles. The third-order valence-corrected chi connectivity index (χ3v) is 3.18. The minimum Gasteiger partial charge on any atom is -0.495 e. The molecule has 0 saturated carbocycles. The van der Waals surface area contributed by atoms with Crippen molar-refractivity contribution in [2.45, 2.75) is 13.0 Å². The quantitative estimate of drug-likeness (QED) is 0.906. The number of nitrogens with zero attached hydrogens (tertiary/aromatic N) is 1. The summed E-state index contributed by atoms with van der Waals surface area (Å²) < 4.78 is 5.06. The molecular weight excluding hydrogens is 290 g/mol. The van der Waals surface area contributed by atoms with Gasteiger partial charge in [0.05, 0.1) is 23.9 Å². The molecule has 0 bridgehead atoms. The monoisotopic (exact) mass is 305 g/mol. The van der Waals surface area contributed by atoms with Crippen molar-refractivity contribution in [3.05, 3.63) is 53.3 Å². The van der Waals surface area contributed by atoms with Crippen LogP contribution in [0.4, 0.5) is 10.5 Å². The summed E-state index contributed by atoms with van der Waals surface area (Å²) in [6.45, 7) is 1.86. The van der Waals surface area contributed by atoms with Crippen LogP contribution in [-0.4, -0.2) is 18.1 Å². The number of anilines is 1. The third kappa shape index (κ3) is 4.10. The highest BCUT2D eigenvalue weighted by Crippen LogP contribution is 2.27. The van der Waals surface area contributed by atoms with Gasteiger partial charge in [-0.05, 0) is 37.3 Å². The number of ether oxygens (including phenoxy) is 1. The lowest BCUT2D eigenvalue weighted by Gasteiger charge is -2.14. The minimum atomic E-state index is -0.325. The summed E-state index contributed by atoms with van der Waals surface area (Å²) in [7, 11) is 1.54. The maximum atomic E-state index is 11.9. The van der Waals surface area contributed by atoms with Gasteiger partial charge in [-0.3, -0.25) is 4.98 Å². The van der Waals surface area contributed by atoms with Gasteiger partial charge in [0, 0.05) is 11.9 Å². The van der Waals surface area contributed by atoms with E-state index in [4.69, 9.17) is 16.3 Å². The Bertz CT molecular complexity index is 620. The van der Waals surface area contributed by atoms with Crippen molar-refractivity contribution in [2.75, 3.05) is 12.4 Å². The van der Waals surface area contributed by atoms with Crippen LogP contribution in [0.25, 0.3) is 0 Å². The second-order valence-electron chi connectivity index (χ2n) is 4.42. The van der Waals surface area contributed by atoms with E-state index in [0.29, 0.717) is 16.5 Å². The molecule has 21 heavy (non-hydrogen) atoms. The molecule has 2 aromatic rings. The van der Waals surface area contributed by atoms with Crippen molar-refractivity contribution in [1.82, 2.24) is 10.3 Å². The maximum Gasteiger partial charge on any atom is 0.319 e. The Morgan fingerprint density at radius 3 is 2.76 bits per heavy atom. The van der Waals surface area contributed by atoms with Gasteiger partial charge in [-0.2, -0.15) is 0 Å². The molecule has 0 radical (unpaired) electrons. The van der Waals surface area contributed by atoms with E-state index in [1.54, 1.807) is 24.4 Å².